The van der Waals surface area contributed by atoms with Crippen LogP contribution in [0.1, 0.15) is 70.9 Å². The highest BCUT2D eigenvalue weighted by molar-refractivity contribution is 7.86. The number of quaternary nitrogens is 1. The number of carbonyl (C=O) groups is 3. The van der Waals surface area contributed by atoms with E-state index in [1.807, 2.05) is 32.0 Å². The van der Waals surface area contributed by atoms with Crippen LogP contribution in [0.2, 0.25) is 0 Å². The summed E-state index contributed by atoms with van der Waals surface area (Å²) in [7, 11) is -1.09. The molecule has 5 N–H and O–H groups in total. The Balaban J connectivity index is 1.63. The van der Waals surface area contributed by atoms with Crippen LogP contribution < -0.4 is 15.5 Å². The third kappa shape index (κ3) is 10.0. The number of rotatable bonds is 18. The largest absolute Gasteiger partial charge is 0.481 e. The molecular formula is C42H57N5O10S2+2. The summed E-state index contributed by atoms with van der Waals surface area (Å²) in [5.74, 6) is -3.18. The first-order valence-electron chi connectivity index (χ1n) is 19.6. The Labute approximate surface area is 347 Å². The minimum Gasteiger partial charge on any atom is -0.481 e. The second-order valence-electron chi connectivity index (χ2n) is 17.5. The van der Waals surface area contributed by atoms with Crippen LogP contribution in [0.25, 0.3) is 0 Å². The normalized spacial score (nSPS) is 19.2. The molecule has 0 bridgehead atoms. The first-order valence-corrected chi connectivity index (χ1v) is 22.6. The van der Waals surface area contributed by atoms with Gasteiger partial charge in [0.2, 0.25) is 11.6 Å². The van der Waals surface area contributed by atoms with E-state index in [1.165, 1.54) is 12.1 Å². The van der Waals surface area contributed by atoms with Crippen molar-refractivity contribution in [3.63, 3.8) is 0 Å². The van der Waals surface area contributed by atoms with E-state index in [1.54, 1.807) is 29.8 Å². The lowest BCUT2D eigenvalue weighted by molar-refractivity contribution is -0.870. The molecular weight excluding hydrogens is 799 g/mol. The number of allylic oxidation sites excluding steroid dienone is 5. The lowest BCUT2D eigenvalue weighted by Crippen LogP contribution is -2.50. The molecule has 0 aromatic heterocycles. The van der Waals surface area contributed by atoms with E-state index < -0.39 is 54.7 Å². The zero-order valence-electron chi connectivity index (χ0n) is 35.0. The Kier molecular flexibility index (Phi) is 12.9. The van der Waals surface area contributed by atoms with Gasteiger partial charge >= 0.3 is 5.97 Å². The second kappa shape index (κ2) is 16.8. The van der Waals surface area contributed by atoms with Gasteiger partial charge in [0, 0.05) is 59.6 Å². The van der Waals surface area contributed by atoms with E-state index in [0.29, 0.717) is 29.9 Å². The molecule has 1 atom stereocenters. The van der Waals surface area contributed by atoms with E-state index in [9.17, 15) is 40.3 Å². The van der Waals surface area contributed by atoms with E-state index >= 15 is 0 Å². The molecule has 0 spiro atoms. The van der Waals surface area contributed by atoms with E-state index in [2.05, 4.69) is 56.6 Å². The van der Waals surface area contributed by atoms with Gasteiger partial charge in [0.15, 0.2) is 11.5 Å². The quantitative estimate of drug-likeness (QED) is 0.0472. The summed E-state index contributed by atoms with van der Waals surface area (Å²) in [5, 5.41) is 14.6. The predicted octanol–water partition coefficient (Wildman–Crippen LogP) is 4.09. The number of nitrogens with one attached hydrogen (secondary N) is 2. The van der Waals surface area contributed by atoms with E-state index in [-0.39, 0.29) is 46.9 Å². The third-order valence-electron chi connectivity index (χ3n) is 11.3. The average molecular weight is 856 g/mol. The van der Waals surface area contributed by atoms with Crippen molar-refractivity contribution in [1.29, 1.82) is 0 Å². The van der Waals surface area contributed by atoms with Crippen molar-refractivity contribution in [2.45, 2.75) is 81.6 Å². The number of benzene rings is 2. The lowest BCUT2D eigenvalue weighted by Gasteiger charge is -2.32. The second-order valence-corrected chi connectivity index (χ2v) is 20.4. The van der Waals surface area contributed by atoms with Crippen LogP contribution in [-0.4, -0.2) is 123 Å². The molecule has 2 aromatic rings. The van der Waals surface area contributed by atoms with Gasteiger partial charge in [-0.3, -0.25) is 23.5 Å². The summed E-state index contributed by atoms with van der Waals surface area (Å²) in [6.45, 7) is 9.49. The molecule has 59 heavy (non-hydrogen) atoms. The summed E-state index contributed by atoms with van der Waals surface area (Å²) in [6.07, 6.45) is 5.71. The minimum atomic E-state index is -4.74. The van der Waals surface area contributed by atoms with Gasteiger partial charge < -0.3 is 25.1 Å². The first-order chi connectivity index (χ1) is 27.2. The molecule has 1 amide bonds. The highest BCUT2D eigenvalue weighted by Crippen LogP contribution is 2.49. The number of carboxylic acid groups (broad SMARTS) is 1. The highest BCUT2D eigenvalue weighted by atomic mass is 32.2. The Bertz CT molecular complexity index is 2410. The Hall–Kier alpha value is -4.68. The van der Waals surface area contributed by atoms with Gasteiger partial charge in [0.1, 0.15) is 18.8 Å². The number of para-hydroxylation sites is 1. The molecule has 1 unspecified atom stereocenters. The van der Waals surface area contributed by atoms with Gasteiger partial charge in [-0.15, -0.1) is 0 Å². The first kappa shape index (κ1) is 45.4. The maximum Gasteiger partial charge on any atom is 0.303 e. The van der Waals surface area contributed by atoms with Crippen molar-refractivity contribution in [3.8, 4) is 0 Å². The number of anilines is 1. The van der Waals surface area contributed by atoms with Gasteiger partial charge in [-0.2, -0.15) is 21.4 Å². The maximum absolute atomic E-state index is 14.5. The monoisotopic (exact) mass is 855 g/mol. The van der Waals surface area contributed by atoms with Crippen molar-refractivity contribution in [2.75, 3.05) is 58.5 Å². The van der Waals surface area contributed by atoms with Crippen molar-refractivity contribution in [2.24, 2.45) is 0 Å². The summed E-state index contributed by atoms with van der Waals surface area (Å²) < 4.78 is 71.3. The summed E-state index contributed by atoms with van der Waals surface area (Å²) >= 11 is 0. The summed E-state index contributed by atoms with van der Waals surface area (Å²) in [4.78, 5) is 41.0. The molecule has 320 valence electrons. The standard InChI is InChI=1S/C42H55N5O10S2/c1-41(2)30-15-9-10-16-34(30)46(21-13-14-22-47(6,7)8)36(41)25-29-38(44-32(26-58(52,53)54)40(51)43-20-12-11-17-37(48)49)28(39(29)50)24-35-42(3,4)31-23-27(59(55,56)57)18-19-33(31)45(35)5/h9-10,15-16,18-19,23-25,32H,11-14,17,20-22,26H2,1-8H3,(H3-2,43,44,48,49,50,51,52,53,54,55,56,57)/p+2. The SMILES string of the molecule is C[N+]1=C(/C=C2\C(=O)C(/C=C3/N(CCCC[N+](C)(C)C)c4ccccc4C3(C)C)=C2NC(CS(=O)(=O)O)C(=O)NCCCCC(=O)O)C(C)(C)c2cc(S(=O)(=O)O)ccc21. The minimum absolute atomic E-state index is 0.0452. The predicted molar refractivity (Wildman–Crippen MR) is 225 cm³/mol. The summed E-state index contributed by atoms with van der Waals surface area (Å²) in [5.41, 5.74) is 3.74. The van der Waals surface area contributed by atoms with Crippen LogP contribution in [0.5, 0.6) is 0 Å². The third-order valence-corrected chi connectivity index (χ3v) is 12.9. The maximum atomic E-state index is 14.5. The molecule has 2 aliphatic heterocycles. The van der Waals surface area contributed by atoms with Crippen molar-refractivity contribution in [3.05, 3.63) is 88.3 Å². The molecule has 5 rings (SSSR count). The Morgan fingerprint density at radius 1 is 0.915 bits per heavy atom. The molecule has 0 saturated carbocycles. The molecule has 1 aliphatic carbocycles. The molecule has 3 aliphatic rings. The fraction of sp³-hybridized carbons (Fsp3) is 0.476. The van der Waals surface area contributed by atoms with Gasteiger partial charge in [-0.1, -0.05) is 32.0 Å². The number of nitrogens with zero attached hydrogens (tertiary/aromatic N) is 3. The number of ketones is 1. The Morgan fingerprint density at radius 3 is 2.22 bits per heavy atom. The van der Waals surface area contributed by atoms with Gasteiger partial charge in [-0.05, 0) is 69.4 Å². The fourth-order valence-electron chi connectivity index (χ4n) is 8.09. The summed E-state index contributed by atoms with van der Waals surface area (Å²) in [6, 6.07) is 10.7. The number of amides is 1. The highest BCUT2D eigenvalue weighted by Gasteiger charge is 2.47. The number of hydrogen-bond donors (Lipinski definition) is 5. The molecule has 2 aromatic carbocycles. The zero-order chi connectivity index (χ0) is 43.9. The topological polar surface area (TPSA) is 210 Å². The van der Waals surface area contributed by atoms with Crippen LogP contribution in [0.15, 0.2) is 82.1 Å². The number of hydrogen-bond acceptors (Lipinski definition) is 9. The molecule has 17 heteroatoms. The molecule has 0 radical (unpaired) electrons. The smallest absolute Gasteiger partial charge is 0.303 e. The van der Waals surface area contributed by atoms with E-state index in [4.69, 9.17) is 5.11 Å². The van der Waals surface area contributed by atoms with Crippen LogP contribution in [0.3, 0.4) is 0 Å². The van der Waals surface area contributed by atoms with Crippen molar-refractivity contribution < 1.29 is 54.5 Å². The van der Waals surface area contributed by atoms with Gasteiger partial charge in [0.05, 0.1) is 49.3 Å². The number of carboxylic acids is 1. The molecule has 15 nitrogen and oxygen atoms in total. The van der Waals surface area contributed by atoms with Crippen LogP contribution in [0, 0.1) is 0 Å². The molecule has 0 saturated heterocycles. The van der Waals surface area contributed by atoms with Crippen LogP contribution >= 0.6 is 0 Å². The number of Topliss-reactive ketones (excluding diaryl/α,β-unsaturated/α-hetero) is 1. The Morgan fingerprint density at radius 2 is 1.59 bits per heavy atom. The average Bonchev–Trinajstić information content (AvgIpc) is 3.45. The van der Waals surface area contributed by atoms with Gasteiger partial charge in [0.25, 0.3) is 20.2 Å². The van der Waals surface area contributed by atoms with Gasteiger partial charge in [-0.25, -0.2) is 0 Å². The lowest BCUT2D eigenvalue weighted by atomic mass is 9.76. The number of fused-ring (bicyclic) bond motifs is 2. The number of carbonyl (C=O) groups excluding carboxylic acids is 2. The number of unbranched alkanes of at least 4 members (excludes halogenated alkanes) is 2. The van der Waals surface area contributed by atoms with Crippen LogP contribution in [0.4, 0.5) is 11.4 Å². The van der Waals surface area contributed by atoms with Crippen LogP contribution in [-0.2, 0) is 45.4 Å². The van der Waals surface area contributed by atoms with Crippen molar-refractivity contribution >= 4 is 55.0 Å². The zero-order valence-corrected chi connectivity index (χ0v) is 36.6. The van der Waals surface area contributed by atoms with Crippen molar-refractivity contribution in [1.82, 2.24) is 10.6 Å². The van der Waals surface area contributed by atoms with E-state index in [0.717, 1.165) is 40.8 Å². The number of aliphatic carboxylic acids is 1. The molecule has 2 heterocycles. The fourth-order valence-corrected chi connectivity index (χ4v) is 9.26. The molecule has 0 fully saturated rings.